The second kappa shape index (κ2) is 6.59. The number of hydrogen-bond donors (Lipinski definition) is 1. The van der Waals surface area contributed by atoms with Crippen molar-refractivity contribution in [1.82, 2.24) is 4.90 Å². The van der Waals surface area contributed by atoms with Crippen LogP contribution in [-0.4, -0.2) is 42.5 Å². The molecule has 17 heavy (non-hydrogen) atoms. The molecule has 0 aromatic rings. The van der Waals surface area contributed by atoms with Crippen LogP contribution in [0, 0.1) is 0 Å². The van der Waals surface area contributed by atoms with Crippen molar-refractivity contribution in [2.45, 2.75) is 51.2 Å². The van der Waals surface area contributed by atoms with Crippen molar-refractivity contribution in [1.29, 1.82) is 0 Å². The average Bonchev–Trinajstić information content (AvgIpc) is 2.35. The van der Waals surface area contributed by atoms with E-state index in [1.807, 2.05) is 6.92 Å². The molecule has 1 saturated heterocycles. The minimum absolute atomic E-state index is 0.0115. The SMILES string of the molecule is COC(C)CCC(=O)N1CCCCC1C(N)=O. The first-order valence-electron chi connectivity index (χ1n) is 6.17. The van der Waals surface area contributed by atoms with Crippen molar-refractivity contribution in [3.63, 3.8) is 0 Å². The van der Waals surface area contributed by atoms with E-state index in [1.165, 1.54) is 0 Å². The monoisotopic (exact) mass is 242 g/mol. The van der Waals surface area contributed by atoms with Gasteiger partial charge in [-0.05, 0) is 32.6 Å². The molecule has 0 aliphatic carbocycles. The molecule has 1 rings (SSSR count). The minimum atomic E-state index is -0.408. The van der Waals surface area contributed by atoms with Gasteiger partial charge < -0.3 is 15.4 Å². The van der Waals surface area contributed by atoms with Gasteiger partial charge in [-0.2, -0.15) is 0 Å². The van der Waals surface area contributed by atoms with Crippen LogP contribution in [-0.2, 0) is 14.3 Å². The first-order chi connectivity index (χ1) is 8.06. The fourth-order valence-corrected chi connectivity index (χ4v) is 2.11. The van der Waals surface area contributed by atoms with Crippen molar-refractivity contribution >= 4 is 11.8 Å². The highest BCUT2D eigenvalue weighted by molar-refractivity contribution is 5.86. The van der Waals surface area contributed by atoms with E-state index in [2.05, 4.69) is 0 Å². The molecule has 2 amide bonds. The van der Waals surface area contributed by atoms with Crippen molar-refractivity contribution < 1.29 is 14.3 Å². The number of methoxy groups -OCH3 is 1. The predicted molar refractivity (Wildman–Crippen MR) is 64.3 cm³/mol. The lowest BCUT2D eigenvalue weighted by molar-refractivity contribution is -0.141. The van der Waals surface area contributed by atoms with E-state index in [-0.39, 0.29) is 12.0 Å². The molecule has 0 aromatic carbocycles. The molecule has 2 unspecified atom stereocenters. The van der Waals surface area contributed by atoms with E-state index in [1.54, 1.807) is 12.0 Å². The molecule has 1 aliphatic heterocycles. The molecule has 0 bridgehead atoms. The lowest BCUT2D eigenvalue weighted by Crippen LogP contribution is -2.50. The zero-order valence-electron chi connectivity index (χ0n) is 10.6. The number of hydrogen-bond acceptors (Lipinski definition) is 3. The number of carbonyl (C=O) groups excluding carboxylic acids is 2. The Kier molecular flexibility index (Phi) is 5.41. The summed E-state index contributed by atoms with van der Waals surface area (Å²) in [6, 6.07) is -0.408. The van der Waals surface area contributed by atoms with E-state index in [0.717, 1.165) is 12.8 Å². The van der Waals surface area contributed by atoms with Crippen molar-refractivity contribution in [2.24, 2.45) is 5.73 Å². The predicted octanol–water partition coefficient (Wildman–Crippen LogP) is 0.668. The molecule has 0 aromatic heterocycles. The Hall–Kier alpha value is -1.10. The maximum Gasteiger partial charge on any atom is 0.240 e. The molecule has 1 aliphatic rings. The summed E-state index contributed by atoms with van der Waals surface area (Å²) >= 11 is 0. The van der Waals surface area contributed by atoms with Gasteiger partial charge in [0, 0.05) is 20.1 Å². The van der Waals surface area contributed by atoms with Crippen LogP contribution in [0.1, 0.15) is 39.0 Å². The Morgan fingerprint density at radius 1 is 1.47 bits per heavy atom. The van der Waals surface area contributed by atoms with Gasteiger partial charge in [-0.15, -0.1) is 0 Å². The molecule has 0 saturated carbocycles. The van der Waals surface area contributed by atoms with Crippen LogP contribution in [0.3, 0.4) is 0 Å². The number of ether oxygens (including phenoxy) is 1. The van der Waals surface area contributed by atoms with E-state index < -0.39 is 11.9 Å². The molecule has 0 spiro atoms. The molecule has 2 atom stereocenters. The third-order valence-electron chi connectivity index (χ3n) is 3.32. The quantitative estimate of drug-likeness (QED) is 0.770. The third kappa shape index (κ3) is 4.00. The summed E-state index contributed by atoms with van der Waals surface area (Å²) in [6.07, 6.45) is 3.77. The van der Waals surface area contributed by atoms with Crippen LogP contribution in [0.2, 0.25) is 0 Å². The van der Waals surface area contributed by atoms with Crippen molar-refractivity contribution in [3.8, 4) is 0 Å². The van der Waals surface area contributed by atoms with Crippen LogP contribution >= 0.6 is 0 Å². The zero-order valence-corrected chi connectivity index (χ0v) is 10.6. The molecule has 5 heteroatoms. The largest absolute Gasteiger partial charge is 0.382 e. The number of nitrogens with zero attached hydrogens (tertiary/aromatic N) is 1. The number of piperidine rings is 1. The van der Waals surface area contributed by atoms with E-state index in [9.17, 15) is 9.59 Å². The van der Waals surface area contributed by atoms with Gasteiger partial charge in [-0.25, -0.2) is 0 Å². The molecule has 98 valence electrons. The molecule has 0 radical (unpaired) electrons. The van der Waals surface area contributed by atoms with Gasteiger partial charge in [-0.1, -0.05) is 0 Å². The van der Waals surface area contributed by atoms with Crippen LogP contribution < -0.4 is 5.73 Å². The van der Waals surface area contributed by atoms with Crippen LogP contribution in [0.15, 0.2) is 0 Å². The Morgan fingerprint density at radius 2 is 2.18 bits per heavy atom. The van der Waals surface area contributed by atoms with Crippen LogP contribution in [0.4, 0.5) is 0 Å². The summed E-state index contributed by atoms with van der Waals surface area (Å²) in [7, 11) is 1.63. The molecule has 2 N–H and O–H groups in total. The van der Waals surface area contributed by atoms with Gasteiger partial charge in [0.15, 0.2) is 0 Å². The fraction of sp³-hybridized carbons (Fsp3) is 0.833. The van der Waals surface area contributed by atoms with Gasteiger partial charge in [0.2, 0.25) is 11.8 Å². The Morgan fingerprint density at radius 3 is 2.76 bits per heavy atom. The summed E-state index contributed by atoms with van der Waals surface area (Å²) in [6.45, 7) is 2.57. The lowest BCUT2D eigenvalue weighted by atomic mass is 10.0. The number of nitrogens with two attached hydrogens (primary N) is 1. The lowest BCUT2D eigenvalue weighted by Gasteiger charge is -2.33. The second-order valence-electron chi connectivity index (χ2n) is 4.59. The summed E-state index contributed by atoms with van der Waals surface area (Å²) in [5.74, 6) is -0.379. The van der Waals surface area contributed by atoms with Crippen LogP contribution in [0.5, 0.6) is 0 Å². The number of amides is 2. The summed E-state index contributed by atoms with van der Waals surface area (Å²) in [4.78, 5) is 24.9. The molecular weight excluding hydrogens is 220 g/mol. The van der Waals surface area contributed by atoms with Gasteiger partial charge in [0.1, 0.15) is 6.04 Å². The normalized spacial score (nSPS) is 22.2. The first-order valence-corrected chi connectivity index (χ1v) is 6.17. The smallest absolute Gasteiger partial charge is 0.240 e. The maximum absolute atomic E-state index is 12.0. The zero-order chi connectivity index (χ0) is 12.8. The molecule has 5 nitrogen and oxygen atoms in total. The number of carbonyl (C=O) groups is 2. The highest BCUT2D eigenvalue weighted by Gasteiger charge is 2.30. The highest BCUT2D eigenvalue weighted by atomic mass is 16.5. The fourth-order valence-electron chi connectivity index (χ4n) is 2.11. The molecule has 1 heterocycles. The maximum atomic E-state index is 12.0. The van der Waals surface area contributed by atoms with Gasteiger partial charge in [0.05, 0.1) is 6.10 Å². The third-order valence-corrected chi connectivity index (χ3v) is 3.32. The first kappa shape index (κ1) is 14.0. The van der Waals surface area contributed by atoms with Crippen molar-refractivity contribution in [3.05, 3.63) is 0 Å². The van der Waals surface area contributed by atoms with E-state index >= 15 is 0 Å². The second-order valence-corrected chi connectivity index (χ2v) is 4.59. The number of likely N-dealkylation sites (tertiary alicyclic amines) is 1. The average molecular weight is 242 g/mol. The topological polar surface area (TPSA) is 72.6 Å². The van der Waals surface area contributed by atoms with Gasteiger partial charge >= 0.3 is 0 Å². The van der Waals surface area contributed by atoms with E-state index in [4.69, 9.17) is 10.5 Å². The highest BCUT2D eigenvalue weighted by Crippen LogP contribution is 2.18. The molecule has 1 fully saturated rings. The van der Waals surface area contributed by atoms with Gasteiger partial charge in [0.25, 0.3) is 0 Å². The van der Waals surface area contributed by atoms with Crippen molar-refractivity contribution in [2.75, 3.05) is 13.7 Å². The summed E-state index contributed by atoms with van der Waals surface area (Å²) in [5.41, 5.74) is 5.32. The Balaban J connectivity index is 2.50. The Labute approximate surface area is 102 Å². The minimum Gasteiger partial charge on any atom is -0.382 e. The number of rotatable bonds is 5. The standard InChI is InChI=1S/C12H22N2O3/c1-9(17-2)6-7-11(15)14-8-4-3-5-10(14)12(13)16/h9-10H,3-8H2,1-2H3,(H2,13,16). The summed E-state index contributed by atoms with van der Waals surface area (Å²) in [5, 5.41) is 0. The molecular formula is C12H22N2O3. The van der Waals surface area contributed by atoms with Gasteiger partial charge in [-0.3, -0.25) is 9.59 Å². The number of primary amides is 1. The Bertz CT molecular complexity index is 281. The summed E-state index contributed by atoms with van der Waals surface area (Å²) < 4.78 is 5.10. The van der Waals surface area contributed by atoms with Crippen LogP contribution in [0.25, 0.3) is 0 Å². The van der Waals surface area contributed by atoms with E-state index in [0.29, 0.717) is 25.8 Å².